The first-order chi connectivity index (χ1) is 9.34. The fourth-order valence-electron chi connectivity index (χ4n) is 1.36. The molecule has 1 unspecified atom stereocenters. The Morgan fingerprint density at radius 3 is 2.75 bits per heavy atom. The summed E-state index contributed by atoms with van der Waals surface area (Å²) in [6.07, 6.45) is 2.46. The van der Waals surface area contributed by atoms with Crippen molar-refractivity contribution in [2.45, 2.75) is 25.9 Å². The van der Waals surface area contributed by atoms with E-state index in [1.807, 2.05) is 6.26 Å². The van der Waals surface area contributed by atoms with E-state index in [2.05, 4.69) is 15.8 Å². The van der Waals surface area contributed by atoms with Gasteiger partial charge < -0.3 is 14.9 Å². The number of anilines is 1. The second-order valence-corrected chi connectivity index (χ2v) is 5.68. The minimum absolute atomic E-state index is 0.0116. The quantitative estimate of drug-likeness (QED) is 0.663. The number of thioether (sulfide) groups is 1. The SMILES string of the molecule is CSCCC(C)(O)CNC(=O)C(=O)Nc1cc(C)on1. The number of aromatic nitrogens is 1. The summed E-state index contributed by atoms with van der Waals surface area (Å²) >= 11 is 1.60. The van der Waals surface area contributed by atoms with Crippen molar-refractivity contribution in [1.29, 1.82) is 0 Å². The molecule has 3 N–H and O–H groups in total. The first-order valence-electron chi connectivity index (χ1n) is 6.08. The van der Waals surface area contributed by atoms with Crippen LogP contribution in [0.5, 0.6) is 0 Å². The number of rotatable bonds is 6. The molecule has 0 aliphatic rings. The van der Waals surface area contributed by atoms with Crippen molar-refractivity contribution in [3.63, 3.8) is 0 Å². The maximum Gasteiger partial charge on any atom is 0.314 e. The molecule has 7 nitrogen and oxygen atoms in total. The van der Waals surface area contributed by atoms with Gasteiger partial charge in [-0.1, -0.05) is 5.16 Å². The molecule has 0 bridgehead atoms. The lowest BCUT2D eigenvalue weighted by Gasteiger charge is -2.22. The Bertz CT molecular complexity index is 473. The lowest BCUT2D eigenvalue weighted by Crippen LogP contribution is -2.44. The monoisotopic (exact) mass is 301 g/mol. The second kappa shape index (κ2) is 7.30. The molecule has 0 aromatic carbocycles. The molecule has 0 aliphatic carbocycles. The summed E-state index contributed by atoms with van der Waals surface area (Å²) in [6.45, 7) is 3.30. The van der Waals surface area contributed by atoms with Crippen molar-refractivity contribution < 1.29 is 19.2 Å². The molecule has 1 heterocycles. The number of nitrogens with zero attached hydrogens (tertiary/aromatic N) is 1. The number of nitrogens with one attached hydrogen (secondary N) is 2. The smallest absolute Gasteiger partial charge is 0.314 e. The van der Waals surface area contributed by atoms with Crippen LogP contribution < -0.4 is 10.6 Å². The lowest BCUT2D eigenvalue weighted by atomic mass is 10.0. The number of aliphatic hydroxyl groups is 1. The number of hydrogen-bond acceptors (Lipinski definition) is 6. The molecule has 2 amide bonds. The first kappa shape index (κ1) is 16.5. The number of carbonyl (C=O) groups is 2. The molecule has 0 aliphatic heterocycles. The molecular formula is C12H19N3O4S. The molecule has 0 saturated heterocycles. The van der Waals surface area contributed by atoms with Crippen LogP contribution >= 0.6 is 11.8 Å². The van der Waals surface area contributed by atoms with Crippen LogP contribution in [0.4, 0.5) is 5.82 Å². The summed E-state index contributed by atoms with van der Waals surface area (Å²) < 4.78 is 4.76. The van der Waals surface area contributed by atoms with Gasteiger partial charge in [0.1, 0.15) is 5.76 Å². The fraction of sp³-hybridized carbons (Fsp3) is 0.583. The number of carbonyl (C=O) groups excluding carboxylic acids is 2. The van der Waals surface area contributed by atoms with Gasteiger partial charge in [0.25, 0.3) is 0 Å². The molecule has 0 fully saturated rings. The Kier molecular flexibility index (Phi) is 6.03. The van der Waals surface area contributed by atoms with Gasteiger partial charge in [-0.3, -0.25) is 14.9 Å². The Labute approximate surface area is 121 Å². The number of aryl methyl sites for hydroxylation is 1. The van der Waals surface area contributed by atoms with Crippen LogP contribution in [0.25, 0.3) is 0 Å². The molecular weight excluding hydrogens is 282 g/mol. The average molecular weight is 301 g/mol. The van der Waals surface area contributed by atoms with Gasteiger partial charge in [0.15, 0.2) is 5.82 Å². The first-order valence-corrected chi connectivity index (χ1v) is 7.47. The molecule has 1 aromatic heterocycles. The third-order valence-corrected chi connectivity index (χ3v) is 3.16. The average Bonchev–Trinajstić information content (AvgIpc) is 2.79. The summed E-state index contributed by atoms with van der Waals surface area (Å²) in [5.41, 5.74) is -1.04. The summed E-state index contributed by atoms with van der Waals surface area (Å²) in [5.74, 6) is -0.195. The summed E-state index contributed by atoms with van der Waals surface area (Å²) in [5, 5.41) is 18.2. The normalized spacial score (nSPS) is 13.6. The van der Waals surface area contributed by atoms with E-state index in [1.165, 1.54) is 6.07 Å². The molecule has 1 aromatic rings. The predicted molar refractivity (Wildman–Crippen MR) is 76.5 cm³/mol. The van der Waals surface area contributed by atoms with E-state index in [1.54, 1.807) is 25.6 Å². The van der Waals surface area contributed by atoms with E-state index < -0.39 is 17.4 Å². The Hall–Kier alpha value is -1.54. The van der Waals surface area contributed by atoms with Crippen molar-refractivity contribution in [2.75, 3.05) is 23.9 Å². The second-order valence-electron chi connectivity index (χ2n) is 4.70. The maximum atomic E-state index is 11.6. The molecule has 8 heteroatoms. The largest absolute Gasteiger partial charge is 0.388 e. The van der Waals surface area contributed by atoms with Gasteiger partial charge in [0.2, 0.25) is 0 Å². The molecule has 1 atom stereocenters. The van der Waals surface area contributed by atoms with Gasteiger partial charge in [-0.15, -0.1) is 0 Å². The van der Waals surface area contributed by atoms with E-state index in [4.69, 9.17) is 4.52 Å². The highest BCUT2D eigenvalue weighted by molar-refractivity contribution is 7.98. The fourth-order valence-corrected chi connectivity index (χ4v) is 2.00. The lowest BCUT2D eigenvalue weighted by molar-refractivity contribution is -0.136. The summed E-state index contributed by atoms with van der Waals surface area (Å²) in [6, 6.07) is 1.50. The molecule has 0 radical (unpaired) electrons. The Morgan fingerprint density at radius 2 is 2.20 bits per heavy atom. The van der Waals surface area contributed by atoms with Crippen LogP contribution in [0, 0.1) is 6.92 Å². The third-order valence-electron chi connectivity index (χ3n) is 2.55. The van der Waals surface area contributed by atoms with Crippen molar-refractivity contribution >= 4 is 29.4 Å². The van der Waals surface area contributed by atoms with E-state index in [0.717, 1.165) is 5.75 Å². The van der Waals surface area contributed by atoms with E-state index in [-0.39, 0.29) is 12.4 Å². The van der Waals surface area contributed by atoms with Crippen LogP contribution in [0.2, 0.25) is 0 Å². The molecule has 1 rings (SSSR count). The van der Waals surface area contributed by atoms with Crippen LogP contribution in [-0.2, 0) is 9.59 Å². The third kappa shape index (κ3) is 5.62. The van der Waals surface area contributed by atoms with Gasteiger partial charge in [0, 0.05) is 12.6 Å². The number of hydrogen-bond donors (Lipinski definition) is 3. The van der Waals surface area contributed by atoms with Crippen molar-refractivity contribution in [2.24, 2.45) is 0 Å². The predicted octanol–water partition coefficient (Wildman–Crippen LogP) is 0.542. The highest BCUT2D eigenvalue weighted by Crippen LogP contribution is 2.11. The van der Waals surface area contributed by atoms with Crippen molar-refractivity contribution in [3.05, 3.63) is 11.8 Å². The van der Waals surface area contributed by atoms with Crippen molar-refractivity contribution in [3.8, 4) is 0 Å². The highest BCUT2D eigenvalue weighted by Gasteiger charge is 2.23. The zero-order chi connectivity index (χ0) is 15.2. The zero-order valence-electron chi connectivity index (χ0n) is 11.7. The van der Waals surface area contributed by atoms with Crippen LogP contribution in [0.3, 0.4) is 0 Å². The van der Waals surface area contributed by atoms with Gasteiger partial charge >= 0.3 is 11.8 Å². The van der Waals surface area contributed by atoms with E-state index in [0.29, 0.717) is 12.2 Å². The van der Waals surface area contributed by atoms with E-state index >= 15 is 0 Å². The highest BCUT2D eigenvalue weighted by atomic mass is 32.2. The van der Waals surface area contributed by atoms with E-state index in [9.17, 15) is 14.7 Å². The molecule has 0 saturated carbocycles. The Morgan fingerprint density at radius 1 is 1.50 bits per heavy atom. The van der Waals surface area contributed by atoms with Crippen LogP contribution in [0.1, 0.15) is 19.1 Å². The minimum atomic E-state index is -1.04. The van der Waals surface area contributed by atoms with Gasteiger partial charge in [-0.05, 0) is 32.3 Å². The zero-order valence-corrected chi connectivity index (χ0v) is 12.5. The van der Waals surface area contributed by atoms with Gasteiger partial charge in [-0.25, -0.2) is 0 Å². The van der Waals surface area contributed by atoms with Gasteiger partial charge in [0.05, 0.1) is 5.60 Å². The van der Waals surface area contributed by atoms with Crippen LogP contribution in [0.15, 0.2) is 10.6 Å². The summed E-state index contributed by atoms with van der Waals surface area (Å²) in [4.78, 5) is 23.1. The minimum Gasteiger partial charge on any atom is -0.388 e. The standard InChI is InChI=1S/C12H19N3O4S/c1-8-6-9(15-19-8)14-11(17)10(16)13-7-12(2,18)4-5-20-3/h6,18H,4-5,7H2,1-3H3,(H,13,16)(H,14,15,17). The molecule has 20 heavy (non-hydrogen) atoms. The topological polar surface area (TPSA) is 104 Å². The molecule has 0 spiro atoms. The van der Waals surface area contributed by atoms with Gasteiger partial charge in [-0.2, -0.15) is 11.8 Å². The summed E-state index contributed by atoms with van der Waals surface area (Å²) in [7, 11) is 0. The molecule has 112 valence electrons. The Balaban J connectivity index is 2.40. The van der Waals surface area contributed by atoms with Crippen LogP contribution in [-0.4, -0.2) is 46.2 Å². The maximum absolute atomic E-state index is 11.6. The number of amides is 2. The van der Waals surface area contributed by atoms with Crippen molar-refractivity contribution in [1.82, 2.24) is 10.5 Å².